The van der Waals surface area contributed by atoms with Gasteiger partial charge in [-0.1, -0.05) is 18.6 Å². The first-order valence-corrected chi connectivity index (χ1v) is 6.40. The molecule has 1 aliphatic rings. The molecule has 0 saturated carbocycles. The summed E-state index contributed by atoms with van der Waals surface area (Å²) in [7, 11) is 0. The van der Waals surface area contributed by atoms with Crippen molar-refractivity contribution in [3.05, 3.63) is 35.1 Å². The van der Waals surface area contributed by atoms with Gasteiger partial charge in [0.15, 0.2) is 0 Å². The normalized spacial score (nSPS) is 20.5. The summed E-state index contributed by atoms with van der Waals surface area (Å²) < 4.78 is 13.5. The highest BCUT2D eigenvalue weighted by molar-refractivity contribution is 5.85. The Morgan fingerprint density at radius 3 is 2.83 bits per heavy atom. The van der Waals surface area contributed by atoms with E-state index in [0.717, 1.165) is 18.7 Å². The van der Waals surface area contributed by atoms with E-state index in [2.05, 4.69) is 4.90 Å². The van der Waals surface area contributed by atoms with Gasteiger partial charge in [-0.05, 0) is 43.5 Å². The minimum absolute atomic E-state index is 0. The van der Waals surface area contributed by atoms with Gasteiger partial charge in [0.1, 0.15) is 5.82 Å². The Balaban J connectivity index is 0.00000162. The van der Waals surface area contributed by atoms with Crippen molar-refractivity contribution in [2.45, 2.75) is 38.8 Å². The van der Waals surface area contributed by atoms with Crippen LogP contribution in [0.5, 0.6) is 0 Å². The van der Waals surface area contributed by atoms with Crippen LogP contribution < -0.4 is 5.73 Å². The predicted octanol–water partition coefficient (Wildman–Crippen LogP) is 2.87. The maximum Gasteiger partial charge on any atom is 0.126 e. The van der Waals surface area contributed by atoms with Crippen LogP contribution in [-0.2, 0) is 6.54 Å². The Bertz CT molecular complexity index is 384. The molecule has 2 nitrogen and oxygen atoms in total. The molecule has 0 spiro atoms. The molecule has 1 heterocycles. The third-order valence-electron chi connectivity index (χ3n) is 3.64. The molecule has 1 aromatic carbocycles. The van der Waals surface area contributed by atoms with Gasteiger partial charge in [-0.15, -0.1) is 12.4 Å². The number of piperidine rings is 1. The number of likely N-dealkylation sites (tertiary alicyclic amines) is 1. The Morgan fingerprint density at radius 1 is 1.39 bits per heavy atom. The fourth-order valence-corrected chi connectivity index (χ4v) is 2.50. The maximum absolute atomic E-state index is 13.5. The summed E-state index contributed by atoms with van der Waals surface area (Å²) in [5.74, 6) is -0.108. The molecule has 1 aromatic rings. The van der Waals surface area contributed by atoms with Gasteiger partial charge in [-0.25, -0.2) is 4.39 Å². The molecule has 4 heteroatoms. The summed E-state index contributed by atoms with van der Waals surface area (Å²) in [6.45, 7) is 4.40. The number of hydrogen-bond donors (Lipinski definition) is 1. The van der Waals surface area contributed by atoms with Gasteiger partial charge in [-0.3, -0.25) is 4.90 Å². The minimum atomic E-state index is -0.108. The first kappa shape index (κ1) is 15.4. The van der Waals surface area contributed by atoms with E-state index in [9.17, 15) is 4.39 Å². The summed E-state index contributed by atoms with van der Waals surface area (Å²) in [5.41, 5.74) is 7.55. The molecule has 1 atom stereocenters. The lowest BCUT2D eigenvalue weighted by Crippen LogP contribution is -2.43. The molecule has 0 radical (unpaired) electrons. The fourth-order valence-electron chi connectivity index (χ4n) is 2.50. The van der Waals surface area contributed by atoms with Crippen molar-refractivity contribution in [1.29, 1.82) is 0 Å². The minimum Gasteiger partial charge on any atom is -0.329 e. The standard InChI is InChI=1S/C14H21FN2.ClH/c1-11-5-6-12(8-14(11)15)10-17-7-3-2-4-13(17)9-16;/h5-6,8,13H,2-4,7,9-10,16H2,1H3;1H. The molecule has 1 saturated heterocycles. The predicted molar refractivity (Wildman–Crippen MR) is 75.5 cm³/mol. The zero-order valence-electron chi connectivity index (χ0n) is 10.9. The van der Waals surface area contributed by atoms with Crippen LogP contribution in [0.3, 0.4) is 0 Å². The second-order valence-electron chi connectivity index (χ2n) is 4.94. The number of nitrogens with two attached hydrogens (primary N) is 1. The Morgan fingerprint density at radius 2 is 2.17 bits per heavy atom. The average Bonchev–Trinajstić information content (AvgIpc) is 2.34. The van der Waals surface area contributed by atoms with Gasteiger partial charge in [0, 0.05) is 19.1 Å². The van der Waals surface area contributed by atoms with Gasteiger partial charge in [0.2, 0.25) is 0 Å². The van der Waals surface area contributed by atoms with Crippen LogP contribution in [0.1, 0.15) is 30.4 Å². The van der Waals surface area contributed by atoms with E-state index in [4.69, 9.17) is 5.73 Å². The Hall–Kier alpha value is -0.640. The molecule has 2 rings (SSSR count). The number of rotatable bonds is 3. The average molecular weight is 273 g/mol. The monoisotopic (exact) mass is 272 g/mol. The van der Waals surface area contributed by atoms with Crippen molar-refractivity contribution in [1.82, 2.24) is 4.90 Å². The SMILES string of the molecule is Cc1ccc(CN2CCCCC2CN)cc1F.Cl. The van der Waals surface area contributed by atoms with Crippen LogP contribution in [0, 0.1) is 12.7 Å². The lowest BCUT2D eigenvalue weighted by Gasteiger charge is -2.35. The van der Waals surface area contributed by atoms with Crippen LogP contribution >= 0.6 is 12.4 Å². The zero-order valence-corrected chi connectivity index (χ0v) is 11.7. The van der Waals surface area contributed by atoms with Crippen molar-refractivity contribution in [3.8, 4) is 0 Å². The van der Waals surface area contributed by atoms with Gasteiger partial charge in [-0.2, -0.15) is 0 Å². The van der Waals surface area contributed by atoms with E-state index >= 15 is 0 Å². The van der Waals surface area contributed by atoms with E-state index < -0.39 is 0 Å². The molecule has 18 heavy (non-hydrogen) atoms. The summed E-state index contributed by atoms with van der Waals surface area (Å²) >= 11 is 0. The largest absolute Gasteiger partial charge is 0.329 e. The molecule has 1 unspecified atom stereocenters. The van der Waals surface area contributed by atoms with Gasteiger partial charge in [0.05, 0.1) is 0 Å². The van der Waals surface area contributed by atoms with Crippen molar-refractivity contribution in [3.63, 3.8) is 0 Å². The van der Waals surface area contributed by atoms with E-state index in [-0.39, 0.29) is 18.2 Å². The Kier molecular flexibility index (Phi) is 6.06. The second kappa shape index (κ2) is 7.07. The number of benzene rings is 1. The zero-order chi connectivity index (χ0) is 12.3. The molecule has 0 bridgehead atoms. The highest BCUT2D eigenvalue weighted by Crippen LogP contribution is 2.19. The van der Waals surface area contributed by atoms with Crippen molar-refractivity contribution in [2.24, 2.45) is 5.73 Å². The summed E-state index contributed by atoms with van der Waals surface area (Å²) in [6.07, 6.45) is 3.66. The van der Waals surface area contributed by atoms with E-state index in [1.54, 1.807) is 13.0 Å². The van der Waals surface area contributed by atoms with Crippen LogP contribution in [0.4, 0.5) is 4.39 Å². The number of aryl methyl sites for hydroxylation is 1. The smallest absolute Gasteiger partial charge is 0.126 e. The lowest BCUT2D eigenvalue weighted by atomic mass is 10.0. The molecule has 0 aromatic heterocycles. The first-order chi connectivity index (χ1) is 8.20. The summed E-state index contributed by atoms with van der Waals surface area (Å²) in [4.78, 5) is 2.38. The third kappa shape index (κ3) is 3.67. The molecule has 0 aliphatic carbocycles. The van der Waals surface area contributed by atoms with Gasteiger partial charge in [0.25, 0.3) is 0 Å². The highest BCUT2D eigenvalue weighted by atomic mass is 35.5. The summed E-state index contributed by atoms with van der Waals surface area (Å²) in [6, 6.07) is 5.98. The molecule has 102 valence electrons. The summed E-state index contributed by atoms with van der Waals surface area (Å²) in [5, 5.41) is 0. The van der Waals surface area contributed by atoms with Gasteiger partial charge < -0.3 is 5.73 Å². The fraction of sp³-hybridized carbons (Fsp3) is 0.571. The highest BCUT2D eigenvalue weighted by Gasteiger charge is 2.20. The molecular formula is C14H22ClFN2. The van der Waals surface area contributed by atoms with Crippen molar-refractivity contribution in [2.75, 3.05) is 13.1 Å². The first-order valence-electron chi connectivity index (χ1n) is 6.40. The van der Waals surface area contributed by atoms with Gasteiger partial charge >= 0.3 is 0 Å². The van der Waals surface area contributed by atoms with E-state index in [1.807, 2.05) is 12.1 Å². The van der Waals surface area contributed by atoms with E-state index in [0.29, 0.717) is 18.2 Å². The third-order valence-corrected chi connectivity index (χ3v) is 3.64. The van der Waals surface area contributed by atoms with Crippen molar-refractivity contribution < 1.29 is 4.39 Å². The lowest BCUT2D eigenvalue weighted by molar-refractivity contribution is 0.144. The molecule has 1 aliphatic heterocycles. The van der Waals surface area contributed by atoms with Crippen LogP contribution in [0.2, 0.25) is 0 Å². The molecule has 2 N–H and O–H groups in total. The number of halogens is 2. The van der Waals surface area contributed by atoms with Crippen LogP contribution in [0.25, 0.3) is 0 Å². The molecule has 0 amide bonds. The van der Waals surface area contributed by atoms with Crippen LogP contribution in [-0.4, -0.2) is 24.0 Å². The number of hydrogen-bond acceptors (Lipinski definition) is 2. The quantitative estimate of drug-likeness (QED) is 0.917. The maximum atomic E-state index is 13.5. The number of nitrogens with zero attached hydrogens (tertiary/aromatic N) is 1. The van der Waals surface area contributed by atoms with Crippen molar-refractivity contribution >= 4 is 12.4 Å². The second-order valence-corrected chi connectivity index (χ2v) is 4.94. The molecular weight excluding hydrogens is 251 g/mol. The topological polar surface area (TPSA) is 29.3 Å². The molecule has 1 fully saturated rings. The Labute approximate surface area is 115 Å². The van der Waals surface area contributed by atoms with E-state index in [1.165, 1.54) is 19.3 Å². The van der Waals surface area contributed by atoms with Crippen LogP contribution in [0.15, 0.2) is 18.2 Å².